The van der Waals surface area contributed by atoms with E-state index in [4.69, 9.17) is 0 Å². The van der Waals surface area contributed by atoms with E-state index in [2.05, 4.69) is 52.3 Å². The van der Waals surface area contributed by atoms with E-state index in [-0.39, 0.29) is 12.1 Å². The fourth-order valence-electron chi connectivity index (χ4n) is 4.72. The van der Waals surface area contributed by atoms with Crippen molar-refractivity contribution in [3.05, 3.63) is 95.7 Å². The number of aromatic amines is 1. The lowest BCUT2D eigenvalue weighted by molar-refractivity contribution is 0.0642. The van der Waals surface area contributed by atoms with E-state index < -0.39 is 0 Å². The molecule has 136 valence electrons. The second-order valence-electron chi connectivity index (χ2n) is 7.41. The van der Waals surface area contributed by atoms with Gasteiger partial charge in [-0.25, -0.2) is 0 Å². The summed E-state index contributed by atoms with van der Waals surface area (Å²) in [5.74, 6) is 0.108. The topological polar surface area (TPSA) is 39.3 Å². The summed E-state index contributed by atoms with van der Waals surface area (Å²) in [4.78, 5) is 21.3. The third-order valence-electron chi connectivity index (χ3n) is 5.94. The molecule has 3 aromatic carbocycles. The number of hydrogen-bond donors (Lipinski definition) is 1. The summed E-state index contributed by atoms with van der Waals surface area (Å²) in [5, 5.41) is 1.26. The predicted octanol–water partition coefficient (Wildman–Crippen LogP) is 5.02. The number of nitrogens with zero attached hydrogens (tertiary/aromatic N) is 2. The first-order valence-corrected chi connectivity index (χ1v) is 9.67. The molecular weight excluding hydrogens is 346 g/mol. The summed E-state index contributed by atoms with van der Waals surface area (Å²) in [6.07, 6.45) is 0.702. The maximum atomic E-state index is 13.3. The van der Waals surface area contributed by atoms with Gasteiger partial charge in [0.2, 0.25) is 0 Å². The minimum Gasteiger partial charge on any atom is -0.355 e. The summed E-state index contributed by atoms with van der Waals surface area (Å²) >= 11 is 0. The maximum absolute atomic E-state index is 13.3. The number of fused-ring (bicyclic) bond motifs is 6. The fourth-order valence-corrected chi connectivity index (χ4v) is 4.72. The van der Waals surface area contributed by atoms with Crippen molar-refractivity contribution in [3.63, 3.8) is 0 Å². The average Bonchev–Trinajstić information content (AvgIpc) is 3.14. The van der Waals surface area contributed by atoms with Crippen LogP contribution in [0, 0.1) is 0 Å². The van der Waals surface area contributed by atoms with Crippen LogP contribution in [-0.4, -0.2) is 22.3 Å². The molecular formula is C24H19N3O. The second-order valence-corrected chi connectivity index (χ2v) is 7.41. The third kappa shape index (κ3) is 2.03. The van der Waals surface area contributed by atoms with Crippen molar-refractivity contribution >= 4 is 28.2 Å². The Bertz CT molecular complexity index is 1210. The molecule has 4 nitrogen and oxygen atoms in total. The van der Waals surface area contributed by atoms with Gasteiger partial charge >= 0.3 is 0 Å². The van der Waals surface area contributed by atoms with E-state index in [1.165, 1.54) is 10.9 Å². The zero-order valence-electron chi connectivity index (χ0n) is 15.3. The normalized spacial score (nSPS) is 18.0. The molecule has 0 bridgehead atoms. The number of aromatic nitrogens is 1. The van der Waals surface area contributed by atoms with Crippen LogP contribution in [-0.2, 0) is 6.42 Å². The summed E-state index contributed by atoms with van der Waals surface area (Å²) in [6, 6.07) is 26.7. The molecule has 1 unspecified atom stereocenters. The molecule has 2 aliphatic heterocycles. The smallest absolute Gasteiger partial charge is 0.257 e. The minimum absolute atomic E-state index is 0.108. The number of nitrogens with one attached hydrogen (secondary N) is 1. The van der Waals surface area contributed by atoms with Gasteiger partial charge in [-0.2, -0.15) is 0 Å². The van der Waals surface area contributed by atoms with Crippen LogP contribution in [0.2, 0.25) is 0 Å². The minimum atomic E-state index is -0.166. The zero-order valence-corrected chi connectivity index (χ0v) is 15.3. The Hall–Kier alpha value is -3.53. The van der Waals surface area contributed by atoms with Crippen LogP contribution in [0.1, 0.15) is 27.8 Å². The van der Waals surface area contributed by atoms with E-state index >= 15 is 0 Å². The quantitative estimate of drug-likeness (QED) is 0.515. The number of carbonyl (C=O) groups excluding carboxylic acids is 1. The van der Waals surface area contributed by atoms with Crippen molar-refractivity contribution in [2.75, 3.05) is 11.4 Å². The molecule has 0 radical (unpaired) electrons. The third-order valence-corrected chi connectivity index (χ3v) is 5.94. The number of anilines is 2. The zero-order chi connectivity index (χ0) is 18.7. The molecule has 4 heteroatoms. The lowest BCUT2D eigenvalue weighted by atomic mass is 9.95. The number of amides is 1. The molecule has 0 aliphatic carbocycles. The number of rotatable bonds is 1. The Balaban J connectivity index is 1.65. The van der Waals surface area contributed by atoms with Gasteiger partial charge in [0.05, 0.1) is 16.9 Å². The van der Waals surface area contributed by atoms with E-state index in [1.807, 2.05) is 41.3 Å². The molecule has 1 N–H and O–H groups in total. The first-order valence-electron chi connectivity index (χ1n) is 9.67. The van der Waals surface area contributed by atoms with Crippen molar-refractivity contribution < 1.29 is 4.79 Å². The van der Waals surface area contributed by atoms with Crippen LogP contribution in [0.25, 0.3) is 10.9 Å². The lowest BCUT2D eigenvalue weighted by Crippen LogP contribution is -2.50. The highest BCUT2D eigenvalue weighted by Gasteiger charge is 2.43. The Morgan fingerprint density at radius 1 is 0.857 bits per heavy atom. The first-order chi connectivity index (χ1) is 13.8. The monoisotopic (exact) mass is 365 g/mol. The van der Waals surface area contributed by atoms with Gasteiger partial charge in [-0.3, -0.25) is 4.79 Å². The highest BCUT2D eigenvalue weighted by atomic mass is 16.2. The van der Waals surface area contributed by atoms with Gasteiger partial charge in [0.15, 0.2) is 6.17 Å². The summed E-state index contributed by atoms with van der Waals surface area (Å²) in [6.45, 7) is 0.718. The number of hydrogen-bond acceptors (Lipinski definition) is 2. The van der Waals surface area contributed by atoms with Gasteiger partial charge in [0.25, 0.3) is 5.91 Å². The summed E-state index contributed by atoms with van der Waals surface area (Å²) in [7, 11) is 0. The molecule has 3 heterocycles. The molecule has 1 atom stereocenters. The number of benzene rings is 3. The predicted molar refractivity (Wildman–Crippen MR) is 111 cm³/mol. The molecule has 4 aromatic rings. The van der Waals surface area contributed by atoms with Gasteiger partial charge in [-0.05, 0) is 42.3 Å². The molecule has 0 fully saturated rings. The van der Waals surface area contributed by atoms with Crippen LogP contribution in [0.4, 0.5) is 11.4 Å². The van der Waals surface area contributed by atoms with Crippen molar-refractivity contribution in [3.8, 4) is 0 Å². The molecule has 1 amide bonds. The fraction of sp³-hybridized carbons (Fsp3) is 0.125. The average molecular weight is 365 g/mol. The Morgan fingerprint density at radius 3 is 2.50 bits per heavy atom. The Kier molecular flexibility index (Phi) is 3.18. The van der Waals surface area contributed by atoms with Crippen molar-refractivity contribution in [1.29, 1.82) is 0 Å². The molecule has 0 saturated heterocycles. The summed E-state index contributed by atoms with van der Waals surface area (Å²) in [5.41, 5.74) is 6.40. The van der Waals surface area contributed by atoms with Crippen LogP contribution in [0.5, 0.6) is 0 Å². The second kappa shape index (κ2) is 5.73. The number of H-pyrrole nitrogens is 1. The summed E-state index contributed by atoms with van der Waals surface area (Å²) < 4.78 is 0. The lowest BCUT2D eigenvalue weighted by Gasteiger charge is -2.47. The van der Waals surface area contributed by atoms with Crippen LogP contribution < -0.4 is 4.90 Å². The molecule has 6 rings (SSSR count). The van der Waals surface area contributed by atoms with Crippen molar-refractivity contribution in [1.82, 2.24) is 9.88 Å². The van der Waals surface area contributed by atoms with Gasteiger partial charge in [-0.1, -0.05) is 48.5 Å². The molecule has 1 aromatic heterocycles. The van der Waals surface area contributed by atoms with Crippen molar-refractivity contribution in [2.45, 2.75) is 12.6 Å². The van der Waals surface area contributed by atoms with E-state index in [0.717, 1.165) is 41.1 Å². The van der Waals surface area contributed by atoms with Gasteiger partial charge in [-0.15, -0.1) is 0 Å². The molecule has 2 aliphatic rings. The van der Waals surface area contributed by atoms with Gasteiger partial charge < -0.3 is 14.8 Å². The Labute approximate surface area is 163 Å². The highest BCUT2D eigenvalue weighted by Crippen LogP contribution is 2.47. The van der Waals surface area contributed by atoms with E-state index in [0.29, 0.717) is 0 Å². The van der Waals surface area contributed by atoms with Gasteiger partial charge in [0.1, 0.15) is 0 Å². The van der Waals surface area contributed by atoms with E-state index in [1.54, 1.807) is 0 Å². The van der Waals surface area contributed by atoms with Crippen LogP contribution in [0.3, 0.4) is 0 Å². The van der Waals surface area contributed by atoms with Crippen LogP contribution >= 0.6 is 0 Å². The SMILES string of the molecule is O=C1c2ccccc2N(c2ccccc2)C2c3[nH]c4ccccc4c3CCN12. The molecule has 0 spiro atoms. The van der Waals surface area contributed by atoms with Gasteiger partial charge in [0, 0.05) is 23.1 Å². The first kappa shape index (κ1) is 15.5. The van der Waals surface area contributed by atoms with Crippen LogP contribution in [0.15, 0.2) is 78.9 Å². The molecule has 0 saturated carbocycles. The maximum Gasteiger partial charge on any atom is 0.257 e. The number of carbonyl (C=O) groups is 1. The Morgan fingerprint density at radius 2 is 1.61 bits per heavy atom. The highest BCUT2D eigenvalue weighted by molar-refractivity contribution is 6.04. The van der Waals surface area contributed by atoms with Crippen molar-refractivity contribution in [2.24, 2.45) is 0 Å². The largest absolute Gasteiger partial charge is 0.355 e. The number of para-hydroxylation sites is 3. The standard InChI is InChI=1S/C24H19N3O/c28-24-19-11-5-7-13-21(19)27(16-8-2-1-3-9-16)23-22-18(14-15-26(23)24)17-10-4-6-12-20(17)25-22/h1-13,23,25H,14-15H2. The molecule has 28 heavy (non-hydrogen) atoms. The van der Waals surface area contributed by atoms with E-state index in [9.17, 15) is 4.79 Å².